The lowest BCUT2D eigenvalue weighted by Gasteiger charge is -2.20. The normalized spacial score (nSPS) is 20.6. The summed E-state index contributed by atoms with van der Waals surface area (Å²) in [7, 11) is 0. The molecular weight excluding hydrogens is 198 g/mol. The summed E-state index contributed by atoms with van der Waals surface area (Å²) >= 11 is 1.61. The Labute approximate surface area is 86.8 Å². The Morgan fingerprint density at radius 2 is 2.29 bits per heavy atom. The van der Waals surface area contributed by atoms with E-state index in [4.69, 9.17) is 5.11 Å². The number of thiophene rings is 1. The van der Waals surface area contributed by atoms with Crippen molar-refractivity contribution in [1.82, 2.24) is 5.32 Å². The van der Waals surface area contributed by atoms with Gasteiger partial charge in [-0.15, -0.1) is 11.3 Å². The molecule has 0 radical (unpaired) electrons. The number of carboxylic acids is 1. The number of rotatable bonds is 1. The summed E-state index contributed by atoms with van der Waals surface area (Å²) in [6, 6.07) is -0.490. The summed E-state index contributed by atoms with van der Waals surface area (Å²) in [5, 5.41) is 12.1. The molecule has 1 aliphatic rings. The molecular formula is C10H13NO2S. The molecule has 0 bridgehead atoms. The van der Waals surface area contributed by atoms with Crippen molar-refractivity contribution in [3.63, 3.8) is 0 Å². The fraction of sp³-hybridized carbons (Fsp3) is 0.500. The van der Waals surface area contributed by atoms with Crippen LogP contribution in [0.25, 0.3) is 0 Å². The zero-order chi connectivity index (χ0) is 10.3. The van der Waals surface area contributed by atoms with E-state index in [0.29, 0.717) is 0 Å². The van der Waals surface area contributed by atoms with E-state index in [2.05, 4.69) is 19.2 Å². The van der Waals surface area contributed by atoms with Crippen LogP contribution < -0.4 is 5.32 Å². The summed E-state index contributed by atoms with van der Waals surface area (Å²) in [5.41, 5.74) is 2.52. The maximum Gasteiger partial charge on any atom is 0.326 e. The molecule has 0 amide bonds. The van der Waals surface area contributed by atoms with Gasteiger partial charge in [0.25, 0.3) is 0 Å². The monoisotopic (exact) mass is 211 g/mol. The molecule has 1 aliphatic heterocycles. The maximum absolute atomic E-state index is 11.0. The third-order valence-electron chi connectivity index (χ3n) is 2.77. The van der Waals surface area contributed by atoms with Crippen molar-refractivity contribution in [3.8, 4) is 0 Å². The third-order valence-corrected chi connectivity index (χ3v) is 4.09. The quantitative estimate of drug-likeness (QED) is 0.742. The summed E-state index contributed by atoms with van der Waals surface area (Å²) in [6.07, 6.45) is 0.954. The molecule has 1 atom stereocenters. The molecule has 2 heterocycles. The van der Waals surface area contributed by atoms with Gasteiger partial charge in [-0.1, -0.05) is 0 Å². The van der Waals surface area contributed by atoms with Crippen molar-refractivity contribution < 1.29 is 9.90 Å². The van der Waals surface area contributed by atoms with Gasteiger partial charge in [0, 0.05) is 16.3 Å². The topological polar surface area (TPSA) is 49.3 Å². The number of aryl methyl sites for hydroxylation is 1. The van der Waals surface area contributed by atoms with Crippen LogP contribution in [0.2, 0.25) is 0 Å². The Balaban J connectivity index is 2.50. The highest BCUT2D eigenvalue weighted by atomic mass is 32.1. The molecule has 76 valence electrons. The molecule has 0 saturated carbocycles. The number of nitrogens with one attached hydrogen (secondary N) is 1. The molecule has 3 nitrogen and oxygen atoms in total. The summed E-state index contributed by atoms with van der Waals surface area (Å²) in [5.74, 6) is -0.771. The molecule has 4 heteroatoms. The number of fused-ring (bicyclic) bond motifs is 1. The maximum atomic E-state index is 11.0. The van der Waals surface area contributed by atoms with Crippen LogP contribution >= 0.6 is 11.3 Å². The molecule has 1 aromatic heterocycles. The van der Waals surface area contributed by atoms with Gasteiger partial charge in [0.15, 0.2) is 0 Å². The van der Waals surface area contributed by atoms with Crippen molar-refractivity contribution in [1.29, 1.82) is 0 Å². The number of hydrogen-bond acceptors (Lipinski definition) is 3. The third kappa shape index (κ3) is 1.35. The average molecular weight is 211 g/mol. The smallest absolute Gasteiger partial charge is 0.326 e. The van der Waals surface area contributed by atoms with E-state index in [0.717, 1.165) is 17.8 Å². The fourth-order valence-electron chi connectivity index (χ4n) is 1.88. The molecule has 1 aromatic rings. The Kier molecular flexibility index (Phi) is 2.33. The van der Waals surface area contributed by atoms with Gasteiger partial charge in [-0.05, 0) is 31.4 Å². The first kappa shape index (κ1) is 9.68. The molecule has 2 N–H and O–H groups in total. The zero-order valence-electron chi connectivity index (χ0n) is 8.26. The summed E-state index contributed by atoms with van der Waals surface area (Å²) in [4.78, 5) is 13.2. The second-order valence-corrected chi connectivity index (χ2v) is 4.86. The highest BCUT2D eigenvalue weighted by Crippen LogP contribution is 2.34. The first-order valence-corrected chi connectivity index (χ1v) is 5.48. The van der Waals surface area contributed by atoms with Gasteiger partial charge in [-0.2, -0.15) is 0 Å². The van der Waals surface area contributed by atoms with Gasteiger partial charge in [0.1, 0.15) is 6.04 Å². The Morgan fingerprint density at radius 1 is 1.57 bits per heavy atom. The predicted molar refractivity (Wildman–Crippen MR) is 55.9 cm³/mol. The SMILES string of the molecule is Cc1sc2c(c1C)CCNC2C(=O)O. The molecule has 2 rings (SSSR count). The first-order valence-electron chi connectivity index (χ1n) is 4.66. The minimum absolute atomic E-state index is 0.490. The minimum Gasteiger partial charge on any atom is -0.480 e. The second-order valence-electron chi connectivity index (χ2n) is 3.60. The summed E-state index contributed by atoms with van der Waals surface area (Å²) in [6.45, 7) is 4.90. The van der Waals surface area contributed by atoms with Crippen molar-refractivity contribution in [2.24, 2.45) is 0 Å². The van der Waals surface area contributed by atoms with E-state index in [1.54, 1.807) is 11.3 Å². The van der Waals surface area contributed by atoms with Crippen LogP contribution in [0.4, 0.5) is 0 Å². The van der Waals surface area contributed by atoms with Gasteiger partial charge < -0.3 is 5.11 Å². The molecule has 0 aromatic carbocycles. The van der Waals surface area contributed by atoms with Gasteiger partial charge >= 0.3 is 5.97 Å². The van der Waals surface area contributed by atoms with Crippen LogP contribution in [0.15, 0.2) is 0 Å². The first-order chi connectivity index (χ1) is 6.61. The van der Waals surface area contributed by atoms with Gasteiger partial charge in [-0.3, -0.25) is 10.1 Å². The van der Waals surface area contributed by atoms with Gasteiger partial charge in [0.2, 0.25) is 0 Å². The number of aliphatic carboxylic acids is 1. The fourth-order valence-corrected chi connectivity index (χ4v) is 3.16. The van der Waals surface area contributed by atoms with E-state index in [-0.39, 0.29) is 0 Å². The molecule has 14 heavy (non-hydrogen) atoms. The standard InChI is InChI=1S/C10H13NO2S/c1-5-6(2)14-9-7(5)3-4-11-8(9)10(12)13/h8,11H,3-4H2,1-2H3,(H,12,13). The van der Waals surface area contributed by atoms with Crippen LogP contribution in [0, 0.1) is 13.8 Å². The highest BCUT2D eigenvalue weighted by molar-refractivity contribution is 7.12. The molecule has 1 unspecified atom stereocenters. The van der Waals surface area contributed by atoms with E-state index < -0.39 is 12.0 Å². The second kappa shape index (κ2) is 3.37. The van der Waals surface area contributed by atoms with Gasteiger partial charge in [-0.25, -0.2) is 0 Å². The lowest BCUT2D eigenvalue weighted by atomic mass is 9.99. The van der Waals surface area contributed by atoms with Crippen LogP contribution in [-0.2, 0) is 11.2 Å². The van der Waals surface area contributed by atoms with E-state index >= 15 is 0 Å². The van der Waals surface area contributed by atoms with Crippen LogP contribution in [-0.4, -0.2) is 17.6 Å². The van der Waals surface area contributed by atoms with Crippen LogP contribution in [0.3, 0.4) is 0 Å². The predicted octanol–water partition coefficient (Wildman–Crippen LogP) is 1.64. The molecule has 0 aliphatic carbocycles. The molecule has 0 saturated heterocycles. The highest BCUT2D eigenvalue weighted by Gasteiger charge is 2.29. The minimum atomic E-state index is -0.771. The average Bonchev–Trinajstić information content (AvgIpc) is 2.43. The molecule has 0 fully saturated rings. The van der Waals surface area contributed by atoms with Crippen molar-refractivity contribution in [3.05, 3.63) is 20.9 Å². The Hall–Kier alpha value is -0.870. The van der Waals surface area contributed by atoms with Gasteiger partial charge in [0.05, 0.1) is 0 Å². The van der Waals surface area contributed by atoms with Crippen molar-refractivity contribution in [2.45, 2.75) is 26.3 Å². The molecule has 0 spiro atoms. The largest absolute Gasteiger partial charge is 0.480 e. The van der Waals surface area contributed by atoms with Crippen molar-refractivity contribution >= 4 is 17.3 Å². The van der Waals surface area contributed by atoms with E-state index in [1.807, 2.05) is 0 Å². The number of carbonyl (C=O) groups is 1. The van der Waals surface area contributed by atoms with Crippen LogP contribution in [0.1, 0.15) is 26.9 Å². The number of hydrogen-bond donors (Lipinski definition) is 2. The zero-order valence-corrected chi connectivity index (χ0v) is 9.07. The lowest BCUT2D eigenvalue weighted by Crippen LogP contribution is -2.34. The number of carboxylic acid groups (broad SMARTS) is 1. The van der Waals surface area contributed by atoms with E-state index in [1.165, 1.54) is 16.0 Å². The Morgan fingerprint density at radius 3 is 2.93 bits per heavy atom. The van der Waals surface area contributed by atoms with Crippen molar-refractivity contribution in [2.75, 3.05) is 6.54 Å². The summed E-state index contributed by atoms with van der Waals surface area (Å²) < 4.78 is 0. The van der Waals surface area contributed by atoms with E-state index in [9.17, 15) is 4.79 Å². The Bertz CT molecular complexity index is 384. The van der Waals surface area contributed by atoms with Crippen LogP contribution in [0.5, 0.6) is 0 Å². The lowest BCUT2D eigenvalue weighted by molar-refractivity contribution is -0.139.